The normalized spacial score (nSPS) is 10.8. The lowest BCUT2D eigenvalue weighted by atomic mass is 10.4. The molecule has 0 saturated carbocycles. The minimum atomic E-state index is -0.659. The van der Waals surface area contributed by atoms with Crippen molar-refractivity contribution in [2.45, 2.75) is 26.8 Å². The molecule has 0 spiro atoms. The number of aryl methyl sites for hydroxylation is 1. The van der Waals surface area contributed by atoms with Gasteiger partial charge in [-0.1, -0.05) is 6.92 Å². The number of imidazole rings is 1. The van der Waals surface area contributed by atoms with Gasteiger partial charge in [0.15, 0.2) is 5.65 Å². The highest BCUT2D eigenvalue weighted by molar-refractivity contribution is 5.89. The van der Waals surface area contributed by atoms with E-state index in [1.54, 1.807) is 6.92 Å². The van der Waals surface area contributed by atoms with Gasteiger partial charge in [-0.15, -0.1) is 0 Å². The van der Waals surface area contributed by atoms with Crippen LogP contribution >= 0.6 is 0 Å². The summed E-state index contributed by atoms with van der Waals surface area (Å²) in [5.74, 6) is -0.744. The van der Waals surface area contributed by atoms with E-state index in [0.29, 0.717) is 13.0 Å². The Morgan fingerprint density at radius 1 is 1.32 bits per heavy atom. The number of carbonyl (C=O) groups excluding carboxylic acids is 1. The minimum Gasteiger partial charge on any atom is -0.460 e. The number of ether oxygens (including phenoxy) is 1. The van der Waals surface area contributed by atoms with Crippen LogP contribution in [0, 0.1) is 0 Å². The summed E-state index contributed by atoms with van der Waals surface area (Å²) in [4.78, 5) is 43.7. The van der Waals surface area contributed by atoms with Crippen molar-refractivity contribution in [1.82, 2.24) is 19.5 Å². The van der Waals surface area contributed by atoms with Crippen LogP contribution in [0.15, 0.2) is 9.59 Å². The second-order valence-electron chi connectivity index (χ2n) is 3.92. The van der Waals surface area contributed by atoms with Gasteiger partial charge in [-0.3, -0.25) is 14.3 Å². The van der Waals surface area contributed by atoms with Crippen LogP contribution in [0.1, 0.15) is 30.9 Å². The van der Waals surface area contributed by atoms with Crippen molar-refractivity contribution >= 4 is 17.1 Å². The lowest BCUT2D eigenvalue weighted by molar-refractivity contribution is 0.0513. The lowest BCUT2D eigenvalue weighted by Gasteiger charge is -2.02. The number of carbonyl (C=O) groups is 1. The van der Waals surface area contributed by atoms with E-state index in [9.17, 15) is 14.4 Å². The smallest absolute Gasteiger partial charge is 0.374 e. The fourth-order valence-corrected chi connectivity index (χ4v) is 1.77. The molecule has 2 rings (SSSR count). The Morgan fingerprint density at radius 3 is 2.68 bits per heavy atom. The predicted molar refractivity (Wildman–Crippen MR) is 67.2 cm³/mol. The van der Waals surface area contributed by atoms with E-state index in [-0.39, 0.29) is 23.6 Å². The van der Waals surface area contributed by atoms with E-state index >= 15 is 0 Å². The molecular weight excluding hydrogens is 252 g/mol. The number of fused-ring (bicyclic) bond motifs is 1. The van der Waals surface area contributed by atoms with Crippen LogP contribution in [-0.2, 0) is 11.3 Å². The molecule has 0 unspecified atom stereocenters. The van der Waals surface area contributed by atoms with Crippen LogP contribution in [0.3, 0.4) is 0 Å². The minimum absolute atomic E-state index is 0.0854. The van der Waals surface area contributed by atoms with E-state index in [1.165, 1.54) is 4.57 Å². The number of nitrogens with one attached hydrogen (secondary N) is 2. The molecule has 0 bridgehead atoms. The van der Waals surface area contributed by atoms with Crippen LogP contribution in [0.5, 0.6) is 0 Å². The monoisotopic (exact) mass is 266 g/mol. The van der Waals surface area contributed by atoms with Crippen molar-refractivity contribution in [3.05, 3.63) is 26.7 Å². The van der Waals surface area contributed by atoms with Crippen molar-refractivity contribution in [3.8, 4) is 0 Å². The number of aromatic nitrogens is 4. The molecule has 19 heavy (non-hydrogen) atoms. The van der Waals surface area contributed by atoms with Crippen LogP contribution in [0.4, 0.5) is 0 Å². The van der Waals surface area contributed by atoms with Gasteiger partial charge in [-0.2, -0.15) is 0 Å². The third-order valence-corrected chi connectivity index (χ3v) is 2.55. The zero-order valence-electron chi connectivity index (χ0n) is 10.6. The average molecular weight is 266 g/mol. The quantitative estimate of drug-likeness (QED) is 0.757. The Kier molecular flexibility index (Phi) is 3.50. The van der Waals surface area contributed by atoms with Crippen molar-refractivity contribution in [3.63, 3.8) is 0 Å². The number of nitrogens with zero attached hydrogens (tertiary/aromatic N) is 2. The van der Waals surface area contributed by atoms with Crippen LogP contribution < -0.4 is 11.2 Å². The number of rotatable bonds is 4. The third-order valence-electron chi connectivity index (χ3n) is 2.55. The summed E-state index contributed by atoms with van der Waals surface area (Å²) in [5, 5.41) is 0. The highest BCUT2D eigenvalue weighted by Crippen LogP contribution is 2.06. The Hall–Kier alpha value is -2.38. The van der Waals surface area contributed by atoms with Crippen molar-refractivity contribution < 1.29 is 9.53 Å². The summed E-state index contributed by atoms with van der Waals surface area (Å²) in [6.45, 7) is 4.16. The molecule has 0 aliphatic rings. The maximum Gasteiger partial charge on any atom is 0.374 e. The first-order chi connectivity index (χ1) is 9.08. The van der Waals surface area contributed by atoms with Gasteiger partial charge in [-0.25, -0.2) is 14.6 Å². The summed E-state index contributed by atoms with van der Waals surface area (Å²) < 4.78 is 6.11. The molecular formula is C11H14N4O4. The Labute approximate surface area is 107 Å². The second kappa shape index (κ2) is 5.09. The van der Waals surface area contributed by atoms with E-state index in [1.807, 2.05) is 6.92 Å². The molecule has 2 aromatic rings. The summed E-state index contributed by atoms with van der Waals surface area (Å²) in [5.41, 5.74) is -0.883. The molecule has 102 valence electrons. The first-order valence-corrected chi connectivity index (χ1v) is 5.98. The van der Waals surface area contributed by atoms with Gasteiger partial charge in [0.05, 0.1) is 6.61 Å². The van der Waals surface area contributed by atoms with Gasteiger partial charge in [0.25, 0.3) is 5.56 Å². The molecule has 0 atom stereocenters. The van der Waals surface area contributed by atoms with E-state index in [4.69, 9.17) is 4.74 Å². The molecule has 2 N–H and O–H groups in total. The number of aromatic amines is 2. The summed E-state index contributed by atoms with van der Waals surface area (Å²) in [6.07, 6.45) is 0.697. The van der Waals surface area contributed by atoms with Gasteiger partial charge in [0.2, 0.25) is 5.82 Å². The SMILES string of the molecule is CCCn1c(=O)[nH]c(=O)c2[nH]c(C(=O)OCC)nc21. The number of esters is 1. The van der Waals surface area contributed by atoms with E-state index < -0.39 is 17.2 Å². The lowest BCUT2D eigenvalue weighted by Crippen LogP contribution is -2.30. The van der Waals surface area contributed by atoms with Gasteiger partial charge in [0, 0.05) is 6.54 Å². The Bertz CT molecular complexity index is 724. The van der Waals surface area contributed by atoms with Crippen molar-refractivity contribution in [1.29, 1.82) is 0 Å². The van der Waals surface area contributed by atoms with Gasteiger partial charge in [-0.05, 0) is 13.3 Å². The molecule has 0 saturated heterocycles. The van der Waals surface area contributed by atoms with Crippen LogP contribution in [0.2, 0.25) is 0 Å². The molecule has 2 heterocycles. The zero-order chi connectivity index (χ0) is 14.0. The Balaban J connectivity index is 2.67. The molecule has 8 heteroatoms. The Morgan fingerprint density at radius 2 is 2.05 bits per heavy atom. The van der Waals surface area contributed by atoms with Crippen LogP contribution in [-0.4, -0.2) is 32.1 Å². The summed E-state index contributed by atoms with van der Waals surface area (Å²) in [6, 6.07) is 0. The molecule has 0 fully saturated rings. The highest BCUT2D eigenvalue weighted by Gasteiger charge is 2.17. The number of hydrogen-bond donors (Lipinski definition) is 2. The maximum atomic E-state index is 11.7. The molecule has 0 radical (unpaired) electrons. The molecule has 0 amide bonds. The first-order valence-electron chi connectivity index (χ1n) is 5.98. The van der Waals surface area contributed by atoms with E-state index in [2.05, 4.69) is 15.0 Å². The van der Waals surface area contributed by atoms with Crippen LogP contribution in [0.25, 0.3) is 11.2 Å². The molecule has 0 aromatic carbocycles. The van der Waals surface area contributed by atoms with Crippen molar-refractivity contribution in [2.24, 2.45) is 0 Å². The molecule has 0 aliphatic carbocycles. The van der Waals surface area contributed by atoms with Gasteiger partial charge in [0.1, 0.15) is 5.52 Å². The van der Waals surface area contributed by atoms with Gasteiger partial charge >= 0.3 is 11.7 Å². The average Bonchev–Trinajstić information content (AvgIpc) is 2.80. The fourth-order valence-electron chi connectivity index (χ4n) is 1.77. The number of H-pyrrole nitrogens is 2. The topological polar surface area (TPSA) is 110 Å². The zero-order valence-corrected chi connectivity index (χ0v) is 10.6. The summed E-state index contributed by atoms with van der Waals surface area (Å²) >= 11 is 0. The maximum absolute atomic E-state index is 11.7. The summed E-state index contributed by atoms with van der Waals surface area (Å²) in [7, 11) is 0. The predicted octanol–water partition coefficient (Wildman–Crippen LogP) is -0.000400. The largest absolute Gasteiger partial charge is 0.460 e. The fraction of sp³-hybridized carbons (Fsp3) is 0.455. The van der Waals surface area contributed by atoms with Crippen molar-refractivity contribution in [2.75, 3.05) is 6.61 Å². The second-order valence-corrected chi connectivity index (χ2v) is 3.92. The van der Waals surface area contributed by atoms with Gasteiger partial charge < -0.3 is 9.72 Å². The molecule has 2 aromatic heterocycles. The number of hydrogen-bond acceptors (Lipinski definition) is 5. The third kappa shape index (κ3) is 2.28. The standard InChI is InChI=1S/C11H14N4O4/c1-3-5-15-8-6(9(16)14-11(15)18)12-7(13-8)10(17)19-4-2/h3-5H2,1-2H3,(H,12,13)(H,14,16,18). The molecule has 8 nitrogen and oxygen atoms in total. The van der Waals surface area contributed by atoms with E-state index in [0.717, 1.165) is 0 Å². The first kappa shape index (κ1) is 13.1. The molecule has 0 aliphatic heterocycles. The highest BCUT2D eigenvalue weighted by atomic mass is 16.5.